The van der Waals surface area contributed by atoms with Crippen molar-refractivity contribution >= 4 is 17.5 Å². The molecular formula is C24H27ClN4O2. The number of aromatic nitrogens is 3. The summed E-state index contributed by atoms with van der Waals surface area (Å²) < 4.78 is 7.97. The minimum atomic E-state index is -1.04. The van der Waals surface area contributed by atoms with Crippen LogP contribution in [0, 0.1) is 0 Å². The van der Waals surface area contributed by atoms with Gasteiger partial charge in [0.25, 0.3) is 5.91 Å². The lowest BCUT2D eigenvalue weighted by Crippen LogP contribution is -2.46. The van der Waals surface area contributed by atoms with Gasteiger partial charge in [0.2, 0.25) is 0 Å². The first-order valence-electron chi connectivity index (χ1n) is 10.6. The topological polar surface area (TPSA) is 69.0 Å². The SMILES string of the molecule is CC(C)(Oc1ccc(Cl)cc1)C(=O)NCc1cc(-c2ccccn2)n(C2CCCC2)n1. The second-order valence-electron chi connectivity index (χ2n) is 8.37. The summed E-state index contributed by atoms with van der Waals surface area (Å²) in [5.41, 5.74) is 1.66. The molecule has 7 heteroatoms. The summed E-state index contributed by atoms with van der Waals surface area (Å²) in [6.45, 7) is 3.81. The number of benzene rings is 1. The number of halogens is 1. The molecule has 4 rings (SSSR count). The average molecular weight is 439 g/mol. The lowest BCUT2D eigenvalue weighted by molar-refractivity contribution is -0.134. The number of rotatable bonds is 7. The number of carbonyl (C=O) groups excluding carboxylic acids is 1. The zero-order valence-electron chi connectivity index (χ0n) is 17.8. The summed E-state index contributed by atoms with van der Waals surface area (Å²) in [6, 6.07) is 15.3. The highest BCUT2D eigenvalue weighted by molar-refractivity contribution is 6.30. The molecule has 31 heavy (non-hydrogen) atoms. The third-order valence-electron chi connectivity index (χ3n) is 5.55. The van der Waals surface area contributed by atoms with E-state index in [4.69, 9.17) is 21.4 Å². The maximum atomic E-state index is 12.8. The van der Waals surface area contributed by atoms with Crippen LogP contribution in [0.15, 0.2) is 54.7 Å². The van der Waals surface area contributed by atoms with E-state index in [1.165, 1.54) is 12.8 Å². The van der Waals surface area contributed by atoms with Crippen LogP contribution >= 0.6 is 11.6 Å². The van der Waals surface area contributed by atoms with Crippen molar-refractivity contribution in [2.75, 3.05) is 0 Å². The predicted molar refractivity (Wildman–Crippen MR) is 121 cm³/mol. The molecule has 0 bridgehead atoms. The van der Waals surface area contributed by atoms with E-state index in [9.17, 15) is 4.79 Å². The van der Waals surface area contributed by atoms with Crippen LogP contribution in [-0.4, -0.2) is 26.3 Å². The van der Waals surface area contributed by atoms with Crippen molar-refractivity contribution < 1.29 is 9.53 Å². The number of pyridine rings is 1. The number of hydrogen-bond acceptors (Lipinski definition) is 4. The van der Waals surface area contributed by atoms with Crippen molar-refractivity contribution in [1.29, 1.82) is 0 Å². The maximum Gasteiger partial charge on any atom is 0.263 e. The van der Waals surface area contributed by atoms with Gasteiger partial charge < -0.3 is 10.1 Å². The molecule has 1 aromatic carbocycles. The van der Waals surface area contributed by atoms with E-state index in [1.807, 2.05) is 24.3 Å². The van der Waals surface area contributed by atoms with Gasteiger partial charge in [-0.3, -0.25) is 14.5 Å². The fraction of sp³-hybridized carbons (Fsp3) is 0.375. The first-order valence-corrected chi connectivity index (χ1v) is 11.0. The summed E-state index contributed by atoms with van der Waals surface area (Å²) in [6.07, 6.45) is 6.47. The van der Waals surface area contributed by atoms with E-state index in [0.29, 0.717) is 23.4 Å². The molecule has 2 heterocycles. The van der Waals surface area contributed by atoms with Gasteiger partial charge in [-0.05, 0) is 69.2 Å². The van der Waals surface area contributed by atoms with Gasteiger partial charge in [-0.15, -0.1) is 0 Å². The summed E-state index contributed by atoms with van der Waals surface area (Å²) in [4.78, 5) is 17.3. The van der Waals surface area contributed by atoms with Crippen molar-refractivity contribution in [1.82, 2.24) is 20.1 Å². The van der Waals surface area contributed by atoms with Gasteiger partial charge in [0.05, 0.1) is 29.7 Å². The zero-order chi connectivity index (χ0) is 21.8. The minimum absolute atomic E-state index is 0.211. The zero-order valence-corrected chi connectivity index (χ0v) is 18.6. The second kappa shape index (κ2) is 9.10. The summed E-state index contributed by atoms with van der Waals surface area (Å²) in [5, 5.41) is 8.41. The van der Waals surface area contributed by atoms with Crippen LogP contribution in [-0.2, 0) is 11.3 Å². The number of nitrogens with zero attached hydrogens (tertiary/aromatic N) is 3. The van der Waals surface area contributed by atoms with E-state index in [0.717, 1.165) is 29.9 Å². The van der Waals surface area contributed by atoms with Crippen molar-refractivity contribution in [3.8, 4) is 17.1 Å². The largest absolute Gasteiger partial charge is 0.478 e. The van der Waals surface area contributed by atoms with Crippen molar-refractivity contribution in [2.24, 2.45) is 0 Å². The molecule has 0 saturated heterocycles. The Balaban J connectivity index is 1.47. The molecule has 0 spiro atoms. The van der Waals surface area contributed by atoms with E-state index in [1.54, 1.807) is 44.3 Å². The van der Waals surface area contributed by atoms with Crippen molar-refractivity contribution in [3.63, 3.8) is 0 Å². The minimum Gasteiger partial charge on any atom is -0.478 e. The van der Waals surface area contributed by atoms with E-state index < -0.39 is 5.60 Å². The van der Waals surface area contributed by atoms with Crippen LogP contribution < -0.4 is 10.1 Å². The third-order valence-corrected chi connectivity index (χ3v) is 5.80. The molecule has 6 nitrogen and oxygen atoms in total. The number of carbonyl (C=O) groups is 1. The average Bonchev–Trinajstić information content (AvgIpc) is 3.44. The molecule has 1 aliphatic rings. The highest BCUT2D eigenvalue weighted by atomic mass is 35.5. The first kappa shape index (κ1) is 21.4. The maximum absolute atomic E-state index is 12.8. The van der Waals surface area contributed by atoms with Gasteiger partial charge in [-0.1, -0.05) is 30.5 Å². The molecule has 162 valence electrons. The molecule has 0 unspecified atom stereocenters. The van der Waals surface area contributed by atoms with E-state index in [2.05, 4.69) is 15.0 Å². The Morgan fingerprint density at radius 3 is 2.61 bits per heavy atom. The molecule has 2 aromatic heterocycles. The molecule has 1 N–H and O–H groups in total. The summed E-state index contributed by atoms with van der Waals surface area (Å²) in [7, 11) is 0. The molecule has 0 aliphatic heterocycles. The smallest absolute Gasteiger partial charge is 0.263 e. The third kappa shape index (κ3) is 5.07. The Bertz CT molecular complexity index is 1030. The molecule has 1 saturated carbocycles. The van der Waals surface area contributed by atoms with Crippen LogP contribution in [0.1, 0.15) is 51.3 Å². The fourth-order valence-corrected chi connectivity index (χ4v) is 4.02. The Morgan fingerprint density at radius 1 is 1.19 bits per heavy atom. The normalized spacial score (nSPS) is 14.5. The van der Waals surface area contributed by atoms with Crippen molar-refractivity contribution in [2.45, 2.75) is 57.7 Å². The highest BCUT2D eigenvalue weighted by Gasteiger charge is 2.30. The molecule has 1 aliphatic carbocycles. The van der Waals surface area contributed by atoms with Gasteiger partial charge in [0.1, 0.15) is 5.75 Å². The highest BCUT2D eigenvalue weighted by Crippen LogP contribution is 2.33. The number of hydrogen-bond donors (Lipinski definition) is 1. The van der Waals surface area contributed by atoms with E-state index in [-0.39, 0.29) is 5.91 Å². The Hall–Kier alpha value is -2.86. The predicted octanol–water partition coefficient (Wildman–Crippen LogP) is 5.19. The molecule has 0 atom stereocenters. The van der Waals surface area contributed by atoms with Crippen LogP contribution in [0.2, 0.25) is 5.02 Å². The molecular weight excluding hydrogens is 412 g/mol. The summed E-state index contributed by atoms with van der Waals surface area (Å²) in [5.74, 6) is 0.379. The Labute approximate surface area is 187 Å². The molecule has 1 amide bonds. The molecule has 0 radical (unpaired) electrons. The monoisotopic (exact) mass is 438 g/mol. The standard InChI is InChI=1S/C24H27ClN4O2/c1-24(2,31-20-12-10-17(25)11-13-20)23(30)27-16-18-15-22(21-9-5-6-14-26-21)29(28-18)19-7-3-4-8-19/h5-6,9-15,19H,3-4,7-8,16H2,1-2H3,(H,27,30). The number of amides is 1. The van der Waals surface area contributed by atoms with Crippen LogP contribution in [0.25, 0.3) is 11.4 Å². The summed E-state index contributed by atoms with van der Waals surface area (Å²) >= 11 is 5.92. The van der Waals surface area contributed by atoms with Crippen LogP contribution in [0.3, 0.4) is 0 Å². The van der Waals surface area contributed by atoms with E-state index >= 15 is 0 Å². The van der Waals surface area contributed by atoms with Gasteiger partial charge >= 0.3 is 0 Å². The lowest BCUT2D eigenvalue weighted by Gasteiger charge is -2.25. The van der Waals surface area contributed by atoms with Crippen LogP contribution in [0.4, 0.5) is 0 Å². The van der Waals surface area contributed by atoms with Crippen molar-refractivity contribution in [3.05, 3.63) is 65.4 Å². The fourth-order valence-electron chi connectivity index (χ4n) is 3.89. The second-order valence-corrected chi connectivity index (χ2v) is 8.80. The Kier molecular flexibility index (Phi) is 6.28. The molecule has 1 fully saturated rings. The van der Waals surface area contributed by atoms with Gasteiger partial charge in [-0.2, -0.15) is 5.10 Å². The first-order chi connectivity index (χ1) is 14.9. The number of ether oxygens (including phenoxy) is 1. The molecule has 3 aromatic rings. The van der Waals surface area contributed by atoms with Crippen LogP contribution in [0.5, 0.6) is 5.75 Å². The van der Waals surface area contributed by atoms with Gasteiger partial charge in [-0.25, -0.2) is 0 Å². The Morgan fingerprint density at radius 2 is 1.94 bits per heavy atom. The van der Waals surface area contributed by atoms with Gasteiger partial charge in [0.15, 0.2) is 5.60 Å². The van der Waals surface area contributed by atoms with Gasteiger partial charge in [0, 0.05) is 11.2 Å². The number of nitrogens with one attached hydrogen (secondary N) is 1. The lowest BCUT2D eigenvalue weighted by atomic mass is 10.1. The quantitative estimate of drug-likeness (QED) is 0.551.